The number of esters is 1. The fraction of sp³-hybridized carbons (Fsp3) is 0.263. The summed E-state index contributed by atoms with van der Waals surface area (Å²) in [6, 6.07) is 10.3. The van der Waals surface area contributed by atoms with Crippen LogP contribution in [-0.4, -0.2) is 32.9 Å². The molecule has 2 rings (SSSR count). The average molecular weight is 408 g/mol. The van der Waals surface area contributed by atoms with Gasteiger partial charge in [0, 0.05) is 5.69 Å². The highest BCUT2D eigenvalue weighted by Gasteiger charge is 2.22. The van der Waals surface area contributed by atoms with E-state index in [0.717, 1.165) is 23.3 Å². The Morgan fingerprint density at radius 1 is 1.14 bits per heavy atom. The fourth-order valence-electron chi connectivity index (χ4n) is 2.29. The van der Waals surface area contributed by atoms with Gasteiger partial charge in [-0.05, 0) is 50.1 Å². The summed E-state index contributed by atoms with van der Waals surface area (Å²) in [5, 5.41) is 2.66. The highest BCUT2D eigenvalue weighted by Crippen LogP contribution is 2.17. The quantitative estimate of drug-likeness (QED) is 0.685. The van der Waals surface area contributed by atoms with E-state index in [1.165, 1.54) is 19.1 Å². The molecular formula is C19H21FN2O5S. The summed E-state index contributed by atoms with van der Waals surface area (Å²) in [5.74, 6) is -2.47. The second-order valence-corrected chi connectivity index (χ2v) is 7.93. The van der Waals surface area contributed by atoms with Gasteiger partial charge in [0.1, 0.15) is 17.3 Å². The first-order valence-electron chi connectivity index (χ1n) is 8.42. The van der Waals surface area contributed by atoms with Gasteiger partial charge in [-0.3, -0.25) is 9.59 Å². The van der Waals surface area contributed by atoms with Crippen molar-refractivity contribution in [2.24, 2.45) is 0 Å². The van der Waals surface area contributed by atoms with Crippen LogP contribution in [0.3, 0.4) is 0 Å². The lowest BCUT2D eigenvalue weighted by atomic mass is 10.1. The number of carbonyl (C=O) groups is 2. The zero-order chi connectivity index (χ0) is 20.9. The first kappa shape index (κ1) is 21.5. The predicted molar refractivity (Wildman–Crippen MR) is 102 cm³/mol. The Morgan fingerprint density at radius 3 is 2.50 bits per heavy atom. The minimum absolute atomic E-state index is 0.556. The Kier molecular flexibility index (Phi) is 6.87. The van der Waals surface area contributed by atoms with E-state index in [0.29, 0.717) is 5.69 Å². The number of hydrogen-bond acceptors (Lipinski definition) is 5. The molecule has 0 unspecified atom stereocenters. The highest BCUT2D eigenvalue weighted by molar-refractivity contribution is 7.89. The number of sulfonamides is 1. The van der Waals surface area contributed by atoms with Crippen LogP contribution in [0.2, 0.25) is 0 Å². The number of carbonyl (C=O) groups excluding carboxylic acids is 2. The number of anilines is 1. The molecule has 2 aromatic rings. The Labute approximate surface area is 163 Å². The van der Waals surface area contributed by atoms with Crippen LogP contribution in [0.15, 0.2) is 47.4 Å². The maximum Gasteiger partial charge on any atom is 0.321 e. The van der Waals surface area contributed by atoms with Crippen LogP contribution in [0, 0.1) is 19.7 Å². The maximum absolute atomic E-state index is 13.6. The van der Waals surface area contributed by atoms with Crippen molar-refractivity contribution < 1.29 is 27.1 Å². The molecule has 0 aromatic heterocycles. The van der Waals surface area contributed by atoms with Gasteiger partial charge in [0.25, 0.3) is 5.91 Å². The van der Waals surface area contributed by atoms with Crippen molar-refractivity contribution in [3.63, 3.8) is 0 Å². The summed E-state index contributed by atoms with van der Waals surface area (Å²) in [5.41, 5.74) is 2.39. The third kappa shape index (κ3) is 5.61. The Hall–Kier alpha value is -2.78. The van der Waals surface area contributed by atoms with Crippen molar-refractivity contribution in [3.05, 3.63) is 59.4 Å². The van der Waals surface area contributed by atoms with Gasteiger partial charge in [-0.15, -0.1) is 0 Å². The van der Waals surface area contributed by atoms with Gasteiger partial charge < -0.3 is 10.1 Å². The molecule has 0 heterocycles. The van der Waals surface area contributed by atoms with E-state index in [-0.39, 0.29) is 0 Å². The van der Waals surface area contributed by atoms with Gasteiger partial charge in [-0.2, -0.15) is 4.72 Å². The summed E-state index contributed by atoms with van der Waals surface area (Å²) >= 11 is 0. The van der Waals surface area contributed by atoms with E-state index < -0.39 is 45.3 Å². The number of halogens is 1. The third-order valence-electron chi connectivity index (χ3n) is 3.86. The molecule has 0 aliphatic rings. The zero-order valence-corrected chi connectivity index (χ0v) is 16.5. The third-order valence-corrected chi connectivity index (χ3v) is 5.30. The molecule has 0 fully saturated rings. The van der Waals surface area contributed by atoms with Gasteiger partial charge >= 0.3 is 5.97 Å². The standard InChI is InChI=1S/C19H21FN2O5S/c1-12-8-9-13(2)16(10-12)22-19(24)14(3)27-18(23)11-21-28(25,26)17-7-5-4-6-15(17)20/h4-10,14,21H,11H2,1-3H3,(H,22,24)/t14-/m0/s1. The lowest BCUT2D eigenvalue weighted by molar-refractivity contribution is -0.151. The van der Waals surface area contributed by atoms with Crippen LogP contribution < -0.4 is 10.0 Å². The molecule has 0 radical (unpaired) electrons. The summed E-state index contributed by atoms with van der Waals surface area (Å²) in [6.45, 7) is 4.32. The molecule has 0 bridgehead atoms. The Balaban J connectivity index is 1.92. The van der Waals surface area contributed by atoms with Gasteiger partial charge in [-0.1, -0.05) is 24.3 Å². The largest absolute Gasteiger partial charge is 0.452 e. The normalized spacial score (nSPS) is 12.3. The van der Waals surface area contributed by atoms with Crippen molar-refractivity contribution in [1.29, 1.82) is 0 Å². The number of rotatable bonds is 7. The van der Waals surface area contributed by atoms with Gasteiger partial charge in [0.15, 0.2) is 6.10 Å². The minimum Gasteiger partial charge on any atom is -0.452 e. The van der Waals surface area contributed by atoms with E-state index in [1.54, 1.807) is 6.07 Å². The molecule has 0 saturated heterocycles. The van der Waals surface area contributed by atoms with Crippen molar-refractivity contribution in [2.75, 3.05) is 11.9 Å². The molecule has 0 aliphatic carbocycles. The molecule has 2 aromatic carbocycles. The number of benzene rings is 2. The molecule has 1 amide bonds. The molecule has 2 N–H and O–H groups in total. The number of ether oxygens (including phenoxy) is 1. The second-order valence-electron chi connectivity index (χ2n) is 6.19. The first-order chi connectivity index (χ1) is 13.1. The van der Waals surface area contributed by atoms with Crippen LogP contribution in [0.1, 0.15) is 18.1 Å². The lowest BCUT2D eigenvalue weighted by Crippen LogP contribution is -2.36. The van der Waals surface area contributed by atoms with Crippen LogP contribution >= 0.6 is 0 Å². The van der Waals surface area contributed by atoms with Crippen molar-refractivity contribution in [2.45, 2.75) is 31.8 Å². The number of hydrogen-bond donors (Lipinski definition) is 2. The van der Waals surface area contributed by atoms with E-state index in [9.17, 15) is 22.4 Å². The summed E-state index contributed by atoms with van der Waals surface area (Å²) in [6.07, 6.45) is -1.15. The van der Waals surface area contributed by atoms with Crippen molar-refractivity contribution in [1.82, 2.24) is 4.72 Å². The Morgan fingerprint density at radius 2 is 1.82 bits per heavy atom. The van der Waals surface area contributed by atoms with Gasteiger partial charge in [-0.25, -0.2) is 12.8 Å². The van der Waals surface area contributed by atoms with Crippen molar-refractivity contribution in [3.8, 4) is 0 Å². The first-order valence-corrected chi connectivity index (χ1v) is 9.90. The average Bonchev–Trinajstić information content (AvgIpc) is 2.63. The van der Waals surface area contributed by atoms with E-state index in [2.05, 4.69) is 5.32 Å². The highest BCUT2D eigenvalue weighted by atomic mass is 32.2. The molecular weight excluding hydrogens is 387 g/mol. The molecule has 7 nitrogen and oxygen atoms in total. The minimum atomic E-state index is -4.23. The van der Waals surface area contributed by atoms with E-state index >= 15 is 0 Å². The van der Waals surface area contributed by atoms with E-state index in [1.807, 2.05) is 30.7 Å². The molecule has 0 spiro atoms. The molecule has 0 aliphatic heterocycles. The Bertz CT molecular complexity index is 992. The molecule has 28 heavy (non-hydrogen) atoms. The lowest BCUT2D eigenvalue weighted by Gasteiger charge is -2.15. The summed E-state index contributed by atoms with van der Waals surface area (Å²) in [7, 11) is -4.23. The van der Waals surface area contributed by atoms with Crippen molar-refractivity contribution >= 4 is 27.6 Å². The van der Waals surface area contributed by atoms with Crippen LogP contribution in [0.25, 0.3) is 0 Å². The summed E-state index contributed by atoms with van der Waals surface area (Å²) < 4.78 is 44.6. The second kappa shape index (κ2) is 8.94. The van der Waals surface area contributed by atoms with Gasteiger partial charge in [0.05, 0.1) is 0 Å². The number of nitrogens with one attached hydrogen (secondary N) is 2. The predicted octanol–water partition coefficient (Wildman–Crippen LogP) is 2.29. The maximum atomic E-state index is 13.6. The SMILES string of the molecule is Cc1ccc(C)c(NC(=O)[C@H](C)OC(=O)CNS(=O)(=O)c2ccccc2F)c1. The van der Waals surface area contributed by atoms with E-state index in [4.69, 9.17) is 4.74 Å². The molecule has 1 atom stereocenters. The fourth-order valence-corrected chi connectivity index (χ4v) is 3.34. The smallest absolute Gasteiger partial charge is 0.321 e. The zero-order valence-electron chi connectivity index (χ0n) is 15.7. The molecule has 0 saturated carbocycles. The molecule has 9 heteroatoms. The number of amides is 1. The van der Waals surface area contributed by atoms with Crippen LogP contribution in [0.4, 0.5) is 10.1 Å². The number of aryl methyl sites for hydroxylation is 2. The van der Waals surface area contributed by atoms with Crippen LogP contribution in [-0.2, 0) is 24.3 Å². The monoisotopic (exact) mass is 408 g/mol. The molecule has 150 valence electrons. The van der Waals surface area contributed by atoms with Crippen LogP contribution in [0.5, 0.6) is 0 Å². The topological polar surface area (TPSA) is 102 Å². The summed E-state index contributed by atoms with van der Waals surface area (Å²) in [4.78, 5) is 23.5. The van der Waals surface area contributed by atoms with Gasteiger partial charge in [0.2, 0.25) is 10.0 Å².